The summed E-state index contributed by atoms with van der Waals surface area (Å²) in [4.78, 5) is 15.4. The summed E-state index contributed by atoms with van der Waals surface area (Å²) < 4.78 is 5.94. The van der Waals surface area contributed by atoms with E-state index in [1.807, 2.05) is 24.3 Å². The predicted octanol–water partition coefficient (Wildman–Crippen LogP) is 2.20. The summed E-state index contributed by atoms with van der Waals surface area (Å²) in [6.07, 6.45) is 0.405. The van der Waals surface area contributed by atoms with Crippen LogP contribution in [-0.2, 0) is 9.53 Å². The third-order valence-electron chi connectivity index (χ3n) is 2.50. The van der Waals surface area contributed by atoms with Crippen molar-refractivity contribution in [2.45, 2.75) is 12.5 Å². The first kappa shape index (κ1) is 12.8. The number of fused-ring (bicyclic) bond motifs is 1. The maximum Gasteiger partial charge on any atom is 0.326 e. The van der Waals surface area contributed by atoms with E-state index < -0.39 is 12.0 Å². The van der Waals surface area contributed by atoms with Crippen molar-refractivity contribution in [2.75, 3.05) is 19.0 Å². The molecule has 1 aromatic heterocycles. The second-order valence-electron chi connectivity index (χ2n) is 3.80. The van der Waals surface area contributed by atoms with Crippen molar-refractivity contribution in [2.24, 2.45) is 0 Å². The molecule has 1 unspecified atom stereocenters. The fraction of sp³-hybridized carbons (Fsp3) is 0.333. The van der Waals surface area contributed by atoms with Crippen LogP contribution >= 0.6 is 11.3 Å². The maximum atomic E-state index is 11.1. The second kappa shape index (κ2) is 5.79. The molecule has 0 radical (unpaired) electrons. The number of carbonyl (C=O) groups is 1. The second-order valence-corrected chi connectivity index (χ2v) is 4.83. The molecule has 2 N–H and O–H groups in total. The van der Waals surface area contributed by atoms with Gasteiger partial charge < -0.3 is 15.2 Å². The lowest BCUT2D eigenvalue weighted by Crippen LogP contribution is -2.30. The van der Waals surface area contributed by atoms with Crippen molar-refractivity contribution >= 4 is 32.7 Å². The SMILES string of the molecule is COCCC(Nc1nc2ccccc2s1)C(=O)O. The number of thiazole rings is 1. The highest BCUT2D eigenvalue weighted by Gasteiger charge is 2.18. The number of carboxylic acids is 1. The average molecular weight is 266 g/mol. The quantitative estimate of drug-likeness (QED) is 0.838. The number of aromatic nitrogens is 1. The van der Waals surface area contributed by atoms with E-state index in [-0.39, 0.29) is 0 Å². The largest absolute Gasteiger partial charge is 0.480 e. The Kier molecular flexibility index (Phi) is 4.11. The molecule has 0 saturated heterocycles. The Hall–Kier alpha value is -1.66. The first-order chi connectivity index (χ1) is 8.70. The molecule has 96 valence electrons. The molecular formula is C12H14N2O3S. The Balaban J connectivity index is 2.12. The summed E-state index contributed by atoms with van der Waals surface area (Å²) in [5, 5.41) is 12.7. The normalized spacial score (nSPS) is 12.5. The van der Waals surface area contributed by atoms with Gasteiger partial charge in [0.05, 0.1) is 10.2 Å². The Bertz CT molecular complexity index is 508. The number of ether oxygens (including phenoxy) is 1. The summed E-state index contributed by atoms with van der Waals surface area (Å²) in [5.41, 5.74) is 0.876. The van der Waals surface area contributed by atoms with E-state index in [4.69, 9.17) is 9.84 Å². The topological polar surface area (TPSA) is 71.5 Å². The third-order valence-corrected chi connectivity index (χ3v) is 3.47. The minimum absolute atomic E-state index is 0.398. The molecule has 1 atom stereocenters. The minimum atomic E-state index is -0.897. The number of hydrogen-bond acceptors (Lipinski definition) is 5. The van der Waals surface area contributed by atoms with Gasteiger partial charge in [0, 0.05) is 20.1 Å². The fourth-order valence-electron chi connectivity index (χ4n) is 1.58. The van der Waals surface area contributed by atoms with E-state index in [2.05, 4.69) is 10.3 Å². The van der Waals surface area contributed by atoms with E-state index >= 15 is 0 Å². The lowest BCUT2D eigenvalue weighted by molar-refractivity contribution is -0.138. The summed E-state index contributed by atoms with van der Waals surface area (Å²) in [5.74, 6) is -0.897. The maximum absolute atomic E-state index is 11.1. The Morgan fingerprint density at radius 3 is 3.00 bits per heavy atom. The van der Waals surface area contributed by atoms with Crippen molar-refractivity contribution < 1.29 is 14.6 Å². The smallest absolute Gasteiger partial charge is 0.326 e. The van der Waals surface area contributed by atoms with Gasteiger partial charge >= 0.3 is 5.97 Å². The van der Waals surface area contributed by atoms with Gasteiger partial charge in [0.2, 0.25) is 0 Å². The summed E-state index contributed by atoms with van der Waals surface area (Å²) in [7, 11) is 1.55. The fourth-order valence-corrected chi connectivity index (χ4v) is 2.49. The predicted molar refractivity (Wildman–Crippen MR) is 71.2 cm³/mol. The minimum Gasteiger partial charge on any atom is -0.480 e. The lowest BCUT2D eigenvalue weighted by atomic mass is 10.2. The zero-order valence-electron chi connectivity index (χ0n) is 9.92. The van der Waals surface area contributed by atoms with E-state index in [1.165, 1.54) is 11.3 Å². The number of carboxylic acid groups (broad SMARTS) is 1. The number of nitrogens with zero attached hydrogens (tertiary/aromatic N) is 1. The number of nitrogens with one attached hydrogen (secondary N) is 1. The van der Waals surface area contributed by atoms with E-state index in [0.29, 0.717) is 18.2 Å². The first-order valence-electron chi connectivity index (χ1n) is 5.54. The van der Waals surface area contributed by atoms with Crippen molar-refractivity contribution in [1.29, 1.82) is 0 Å². The molecule has 0 saturated carbocycles. The van der Waals surface area contributed by atoms with Crippen LogP contribution in [-0.4, -0.2) is 35.8 Å². The van der Waals surface area contributed by atoms with Gasteiger partial charge in [0.25, 0.3) is 0 Å². The molecule has 0 bridgehead atoms. The van der Waals surface area contributed by atoms with Gasteiger partial charge in [-0.2, -0.15) is 0 Å². The molecule has 0 amide bonds. The van der Waals surface area contributed by atoms with E-state index in [0.717, 1.165) is 10.2 Å². The molecule has 6 heteroatoms. The molecule has 18 heavy (non-hydrogen) atoms. The standard InChI is InChI=1S/C12H14N2O3S/c1-17-7-6-9(11(15)16)14-12-13-8-4-2-3-5-10(8)18-12/h2-5,9H,6-7H2,1H3,(H,13,14)(H,15,16). The molecule has 2 aromatic rings. The molecule has 5 nitrogen and oxygen atoms in total. The van der Waals surface area contributed by atoms with Crippen LogP contribution in [0.5, 0.6) is 0 Å². The van der Waals surface area contributed by atoms with Crippen molar-refractivity contribution in [3.63, 3.8) is 0 Å². The number of methoxy groups -OCH3 is 1. The zero-order chi connectivity index (χ0) is 13.0. The number of aliphatic carboxylic acids is 1. The molecule has 0 spiro atoms. The summed E-state index contributed by atoms with van der Waals surface area (Å²) >= 11 is 1.45. The third kappa shape index (κ3) is 2.96. The molecule has 0 aliphatic rings. The van der Waals surface area contributed by atoms with Crippen molar-refractivity contribution in [1.82, 2.24) is 4.98 Å². The molecule has 1 aromatic carbocycles. The van der Waals surface area contributed by atoms with E-state index in [9.17, 15) is 4.79 Å². The van der Waals surface area contributed by atoms with Gasteiger partial charge in [-0.05, 0) is 12.1 Å². The van der Waals surface area contributed by atoms with Crippen LogP contribution < -0.4 is 5.32 Å². The highest BCUT2D eigenvalue weighted by molar-refractivity contribution is 7.22. The van der Waals surface area contributed by atoms with Gasteiger partial charge in [-0.3, -0.25) is 0 Å². The molecule has 0 aliphatic heterocycles. The average Bonchev–Trinajstić information content (AvgIpc) is 2.76. The molecule has 0 fully saturated rings. The van der Waals surface area contributed by atoms with Crippen LogP contribution in [0.2, 0.25) is 0 Å². The summed E-state index contributed by atoms with van der Waals surface area (Å²) in [6, 6.07) is 7.03. The molecule has 1 heterocycles. The lowest BCUT2D eigenvalue weighted by Gasteiger charge is -2.12. The number of rotatable bonds is 6. The summed E-state index contributed by atoms with van der Waals surface area (Å²) in [6.45, 7) is 0.398. The van der Waals surface area contributed by atoms with Gasteiger partial charge in [0.15, 0.2) is 5.13 Å². The number of para-hydroxylation sites is 1. The Labute approximate surface area is 108 Å². The van der Waals surface area contributed by atoms with Crippen LogP contribution in [0.25, 0.3) is 10.2 Å². The molecular weight excluding hydrogens is 252 g/mol. The van der Waals surface area contributed by atoms with Gasteiger partial charge in [-0.15, -0.1) is 0 Å². The van der Waals surface area contributed by atoms with E-state index in [1.54, 1.807) is 7.11 Å². The van der Waals surface area contributed by atoms with Gasteiger partial charge in [0.1, 0.15) is 6.04 Å². The highest BCUT2D eigenvalue weighted by Crippen LogP contribution is 2.26. The van der Waals surface area contributed by atoms with Crippen LogP contribution in [0.1, 0.15) is 6.42 Å². The zero-order valence-corrected chi connectivity index (χ0v) is 10.7. The Morgan fingerprint density at radius 1 is 1.56 bits per heavy atom. The first-order valence-corrected chi connectivity index (χ1v) is 6.36. The van der Waals surface area contributed by atoms with Crippen LogP contribution in [0, 0.1) is 0 Å². The van der Waals surface area contributed by atoms with Crippen LogP contribution in [0.3, 0.4) is 0 Å². The van der Waals surface area contributed by atoms with Gasteiger partial charge in [-0.25, -0.2) is 9.78 Å². The highest BCUT2D eigenvalue weighted by atomic mass is 32.1. The van der Waals surface area contributed by atoms with Crippen LogP contribution in [0.15, 0.2) is 24.3 Å². The molecule has 0 aliphatic carbocycles. The number of hydrogen-bond donors (Lipinski definition) is 2. The van der Waals surface area contributed by atoms with Crippen molar-refractivity contribution in [3.05, 3.63) is 24.3 Å². The number of benzene rings is 1. The monoisotopic (exact) mass is 266 g/mol. The Morgan fingerprint density at radius 2 is 2.33 bits per heavy atom. The molecule has 2 rings (SSSR count). The van der Waals surface area contributed by atoms with Crippen molar-refractivity contribution in [3.8, 4) is 0 Å². The number of anilines is 1. The van der Waals surface area contributed by atoms with Crippen LogP contribution in [0.4, 0.5) is 5.13 Å². The van der Waals surface area contributed by atoms with Gasteiger partial charge in [-0.1, -0.05) is 23.5 Å².